The van der Waals surface area contributed by atoms with Gasteiger partial charge >= 0.3 is 0 Å². The van der Waals surface area contributed by atoms with E-state index in [0.717, 1.165) is 51.0 Å². The Labute approximate surface area is 104 Å². The fourth-order valence-electron chi connectivity index (χ4n) is 2.74. The maximum Gasteiger partial charge on any atom is 0.242 e. The zero-order valence-electron chi connectivity index (χ0n) is 10.7. The van der Waals surface area contributed by atoms with Crippen LogP contribution in [0.25, 0.3) is 0 Å². The lowest BCUT2D eigenvalue weighted by Gasteiger charge is -2.36. The molecule has 0 aromatic carbocycles. The molecule has 1 N–H and O–H groups in total. The topological polar surface area (TPSA) is 35.6 Å². The third kappa shape index (κ3) is 2.80. The van der Waals surface area contributed by atoms with Gasteiger partial charge in [-0.1, -0.05) is 6.58 Å². The standard InChI is InChI=1S/C13H23N3O/c1-11-12(14-2)6-5-9-16(11)10-13(17)15-7-3-4-8-15/h12,14H,1,3-10H2,2H3/t12-/m0/s1. The first-order valence-corrected chi connectivity index (χ1v) is 6.61. The third-order valence-electron chi connectivity index (χ3n) is 3.86. The molecule has 0 spiro atoms. The molecule has 17 heavy (non-hydrogen) atoms. The van der Waals surface area contributed by atoms with Crippen molar-refractivity contribution < 1.29 is 4.79 Å². The molecular formula is C13H23N3O. The van der Waals surface area contributed by atoms with E-state index in [1.165, 1.54) is 0 Å². The van der Waals surface area contributed by atoms with Gasteiger partial charge in [0.2, 0.25) is 5.91 Å². The fraction of sp³-hybridized carbons (Fsp3) is 0.769. The second-order valence-corrected chi connectivity index (χ2v) is 4.98. The number of carbonyl (C=O) groups excluding carboxylic acids is 1. The van der Waals surface area contributed by atoms with Gasteiger partial charge in [-0.05, 0) is 32.7 Å². The molecule has 2 rings (SSSR count). The van der Waals surface area contributed by atoms with E-state index in [-0.39, 0.29) is 5.91 Å². The quantitative estimate of drug-likeness (QED) is 0.789. The van der Waals surface area contributed by atoms with Gasteiger partial charge in [0.25, 0.3) is 0 Å². The second kappa shape index (κ2) is 5.54. The molecule has 2 saturated heterocycles. The zero-order chi connectivity index (χ0) is 12.3. The third-order valence-corrected chi connectivity index (χ3v) is 3.86. The van der Waals surface area contributed by atoms with Gasteiger partial charge in [0, 0.05) is 31.4 Å². The van der Waals surface area contributed by atoms with Gasteiger partial charge in [-0.15, -0.1) is 0 Å². The number of carbonyl (C=O) groups is 1. The number of nitrogens with zero attached hydrogens (tertiary/aromatic N) is 2. The maximum absolute atomic E-state index is 12.1. The van der Waals surface area contributed by atoms with Crippen molar-refractivity contribution in [3.8, 4) is 0 Å². The van der Waals surface area contributed by atoms with Crippen LogP contribution in [-0.2, 0) is 4.79 Å². The highest BCUT2D eigenvalue weighted by molar-refractivity contribution is 5.78. The SMILES string of the molecule is C=C1[C@@H](NC)CCCN1CC(=O)N1CCCC1. The Morgan fingerprint density at radius 3 is 2.71 bits per heavy atom. The Balaban J connectivity index is 1.88. The first-order valence-electron chi connectivity index (χ1n) is 6.61. The molecule has 0 aliphatic carbocycles. The van der Waals surface area contributed by atoms with Crippen LogP contribution < -0.4 is 5.32 Å². The van der Waals surface area contributed by atoms with Crippen LogP contribution in [0.3, 0.4) is 0 Å². The van der Waals surface area contributed by atoms with E-state index >= 15 is 0 Å². The molecule has 2 fully saturated rings. The van der Waals surface area contributed by atoms with Crippen LogP contribution in [0.2, 0.25) is 0 Å². The highest BCUT2D eigenvalue weighted by Gasteiger charge is 2.26. The molecule has 1 amide bonds. The molecule has 0 bridgehead atoms. The van der Waals surface area contributed by atoms with Crippen LogP contribution in [0.4, 0.5) is 0 Å². The van der Waals surface area contributed by atoms with Gasteiger partial charge in [0.1, 0.15) is 0 Å². The monoisotopic (exact) mass is 237 g/mol. The molecule has 2 aliphatic rings. The largest absolute Gasteiger partial charge is 0.365 e. The van der Waals surface area contributed by atoms with E-state index in [9.17, 15) is 4.79 Å². The molecule has 0 aromatic rings. The molecule has 0 unspecified atom stereocenters. The van der Waals surface area contributed by atoms with Gasteiger partial charge in [0.05, 0.1) is 6.54 Å². The van der Waals surface area contributed by atoms with Crippen molar-refractivity contribution in [3.05, 3.63) is 12.3 Å². The molecular weight excluding hydrogens is 214 g/mol. The first kappa shape index (κ1) is 12.4. The average Bonchev–Trinajstić information content (AvgIpc) is 2.85. The summed E-state index contributed by atoms with van der Waals surface area (Å²) in [6.07, 6.45) is 4.58. The Bertz CT molecular complexity index is 297. The number of nitrogens with one attached hydrogen (secondary N) is 1. The van der Waals surface area contributed by atoms with Crippen LogP contribution in [0.5, 0.6) is 0 Å². The summed E-state index contributed by atoms with van der Waals surface area (Å²) in [5.41, 5.74) is 1.08. The summed E-state index contributed by atoms with van der Waals surface area (Å²) in [6.45, 7) is 7.48. The molecule has 2 heterocycles. The van der Waals surface area contributed by atoms with Crippen molar-refractivity contribution in [2.75, 3.05) is 33.2 Å². The molecule has 96 valence electrons. The number of likely N-dealkylation sites (N-methyl/N-ethyl adjacent to an activating group) is 1. The first-order chi connectivity index (χ1) is 8.22. The highest BCUT2D eigenvalue weighted by Crippen LogP contribution is 2.19. The van der Waals surface area contributed by atoms with E-state index in [1.54, 1.807) is 0 Å². The average molecular weight is 237 g/mol. The van der Waals surface area contributed by atoms with Crippen LogP contribution >= 0.6 is 0 Å². The van der Waals surface area contributed by atoms with Crippen molar-refractivity contribution in [2.45, 2.75) is 31.7 Å². The minimum absolute atomic E-state index is 0.264. The summed E-state index contributed by atoms with van der Waals surface area (Å²) in [6, 6.07) is 0.343. The lowest BCUT2D eigenvalue weighted by Crippen LogP contribution is -2.46. The molecule has 2 aliphatic heterocycles. The molecule has 0 saturated carbocycles. The smallest absolute Gasteiger partial charge is 0.242 e. The maximum atomic E-state index is 12.1. The number of hydrogen-bond acceptors (Lipinski definition) is 3. The summed E-state index contributed by atoms with van der Waals surface area (Å²) in [4.78, 5) is 16.2. The van der Waals surface area contributed by atoms with Crippen molar-refractivity contribution >= 4 is 5.91 Å². The molecule has 1 atom stereocenters. The van der Waals surface area contributed by atoms with Gasteiger partial charge in [0.15, 0.2) is 0 Å². The predicted octanol–water partition coefficient (Wildman–Crippen LogP) is 0.806. The van der Waals surface area contributed by atoms with Gasteiger partial charge in [-0.3, -0.25) is 4.79 Å². The number of hydrogen-bond donors (Lipinski definition) is 1. The zero-order valence-corrected chi connectivity index (χ0v) is 10.7. The Hall–Kier alpha value is -1.03. The Kier molecular flexibility index (Phi) is 4.05. The van der Waals surface area contributed by atoms with Crippen LogP contribution in [0.15, 0.2) is 12.3 Å². The minimum Gasteiger partial charge on any atom is -0.365 e. The van der Waals surface area contributed by atoms with E-state index in [2.05, 4.69) is 16.8 Å². The Morgan fingerprint density at radius 1 is 1.35 bits per heavy atom. The molecule has 4 heteroatoms. The molecule has 0 radical (unpaired) electrons. The van der Waals surface area contributed by atoms with Crippen molar-refractivity contribution in [3.63, 3.8) is 0 Å². The van der Waals surface area contributed by atoms with Gasteiger partial charge in [-0.25, -0.2) is 0 Å². The van der Waals surface area contributed by atoms with Crippen molar-refractivity contribution in [1.82, 2.24) is 15.1 Å². The lowest BCUT2D eigenvalue weighted by molar-refractivity contribution is -0.131. The summed E-state index contributed by atoms with van der Waals surface area (Å²) < 4.78 is 0. The van der Waals surface area contributed by atoms with E-state index < -0.39 is 0 Å². The fourth-order valence-corrected chi connectivity index (χ4v) is 2.74. The van der Waals surface area contributed by atoms with Gasteiger partial charge in [-0.2, -0.15) is 0 Å². The second-order valence-electron chi connectivity index (χ2n) is 4.98. The van der Waals surface area contributed by atoms with Gasteiger partial charge < -0.3 is 15.1 Å². The van der Waals surface area contributed by atoms with Crippen LogP contribution in [0, 0.1) is 0 Å². The van der Waals surface area contributed by atoms with Crippen molar-refractivity contribution in [1.29, 1.82) is 0 Å². The number of piperidine rings is 1. The summed E-state index contributed by atoms with van der Waals surface area (Å²) in [5, 5.41) is 3.26. The normalized spacial score (nSPS) is 25.5. The lowest BCUT2D eigenvalue weighted by atomic mass is 10.0. The van der Waals surface area contributed by atoms with E-state index in [1.807, 2.05) is 11.9 Å². The Morgan fingerprint density at radius 2 is 2.06 bits per heavy atom. The minimum atomic E-state index is 0.264. The van der Waals surface area contributed by atoms with Crippen LogP contribution in [-0.4, -0.2) is 55.0 Å². The summed E-state index contributed by atoms with van der Waals surface area (Å²) >= 11 is 0. The number of rotatable bonds is 3. The van der Waals surface area contributed by atoms with E-state index in [0.29, 0.717) is 12.6 Å². The summed E-state index contributed by atoms with van der Waals surface area (Å²) in [7, 11) is 1.96. The molecule has 4 nitrogen and oxygen atoms in total. The number of amides is 1. The number of likely N-dealkylation sites (tertiary alicyclic amines) is 2. The summed E-state index contributed by atoms with van der Waals surface area (Å²) in [5.74, 6) is 0.264. The van der Waals surface area contributed by atoms with Crippen molar-refractivity contribution in [2.24, 2.45) is 0 Å². The molecule has 0 aromatic heterocycles. The predicted molar refractivity (Wildman–Crippen MR) is 68.6 cm³/mol. The van der Waals surface area contributed by atoms with E-state index in [4.69, 9.17) is 0 Å². The van der Waals surface area contributed by atoms with Crippen LogP contribution in [0.1, 0.15) is 25.7 Å². The highest BCUT2D eigenvalue weighted by atomic mass is 16.2.